The molecule has 0 saturated heterocycles. The molecule has 1 amide bonds. The van der Waals surface area contributed by atoms with Gasteiger partial charge in [-0.15, -0.1) is 0 Å². The summed E-state index contributed by atoms with van der Waals surface area (Å²) >= 11 is 0. The van der Waals surface area contributed by atoms with Crippen LogP contribution in [0.1, 0.15) is 10.5 Å². The van der Waals surface area contributed by atoms with E-state index in [9.17, 15) is 9.59 Å². The van der Waals surface area contributed by atoms with Crippen molar-refractivity contribution in [2.45, 2.75) is 6.54 Å². The lowest BCUT2D eigenvalue weighted by atomic mass is 10.3. The lowest BCUT2D eigenvalue weighted by molar-refractivity contribution is 0.0947. The van der Waals surface area contributed by atoms with Crippen LogP contribution >= 0.6 is 0 Å². The maximum Gasteiger partial charge on any atom is 0.269 e. The zero-order valence-electron chi connectivity index (χ0n) is 9.61. The SMILES string of the molecule is O=C(NCCn1cnccc1=O)c1ccccn1. The van der Waals surface area contributed by atoms with E-state index >= 15 is 0 Å². The Kier molecular flexibility index (Phi) is 3.80. The van der Waals surface area contributed by atoms with Gasteiger partial charge >= 0.3 is 0 Å². The Morgan fingerprint density at radius 2 is 2.17 bits per heavy atom. The van der Waals surface area contributed by atoms with Crippen molar-refractivity contribution in [3.63, 3.8) is 0 Å². The Bertz CT molecular complexity index is 580. The first-order valence-corrected chi connectivity index (χ1v) is 5.47. The van der Waals surface area contributed by atoms with Crippen LogP contribution in [0.15, 0.2) is 47.8 Å². The van der Waals surface area contributed by atoms with Crippen molar-refractivity contribution in [1.29, 1.82) is 0 Å². The molecule has 2 rings (SSSR count). The van der Waals surface area contributed by atoms with Gasteiger partial charge in [0.05, 0.1) is 6.33 Å². The number of carbonyl (C=O) groups is 1. The topological polar surface area (TPSA) is 76.9 Å². The van der Waals surface area contributed by atoms with Crippen molar-refractivity contribution >= 4 is 5.91 Å². The summed E-state index contributed by atoms with van der Waals surface area (Å²) in [4.78, 5) is 30.8. The first kappa shape index (κ1) is 12.0. The summed E-state index contributed by atoms with van der Waals surface area (Å²) in [6.45, 7) is 0.728. The monoisotopic (exact) mass is 244 g/mol. The van der Waals surface area contributed by atoms with Gasteiger partial charge in [-0.25, -0.2) is 4.98 Å². The van der Waals surface area contributed by atoms with Crippen LogP contribution in [-0.4, -0.2) is 27.0 Å². The Morgan fingerprint density at radius 1 is 1.28 bits per heavy atom. The van der Waals surface area contributed by atoms with Crippen LogP contribution in [0, 0.1) is 0 Å². The zero-order chi connectivity index (χ0) is 12.8. The molecule has 0 aliphatic carbocycles. The van der Waals surface area contributed by atoms with E-state index in [-0.39, 0.29) is 11.5 Å². The molecule has 1 N–H and O–H groups in total. The highest BCUT2D eigenvalue weighted by Gasteiger charge is 2.04. The molecule has 18 heavy (non-hydrogen) atoms. The molecule has 0 aliphatic rings. The number of nitrogens with zero attached hydrogens (tertiary/aromatic N) is 3. The molecule has 0 aromatic carbocycles. The molecule has 2 aromatic heterocycles. The summed E-state index contributed by atoms with van der Waals surface area (Å²) in [5.74, 6) is -0.257. The van der Waals surface area contributed by atoms with Crippen molar-refractivity contribution in [3.8, 4) is 0 Å². The number of amides is 1. The standard InChI is InChI=1S/C12H12N4O2/c17-11-4-6-13-9-16(11)8-7-15-12(18)10-3-1-2-5-14-10/h1-6,9H,7-8H2,(H,15,18). The van der Waals surface area contributed by atoms with Gasteiger partial charge in [0.2, 0.25) is 0 Å². The Morgan fingerprint density at radius 3 is 2.89 bits per heavy atom. The minimum absolute atomic E-state index is 0.142. The molecule has 0 aliphatic heterocycles. The lowest BCUT2D eigenvalue weighted by Crippen LogP contribution is -2.31. The van der Waals surface area contributed by atoms with Gasteiger partial charge in [-0.1, -0.05) is 6.07 Å². The fraction of sp³-hybridized carbons (Fsp3) is 0.167. The molecule has 0 saturated carbocycles. The van der Waals surface area contributed by atoms with Crippen LogP contribution in [-0.2, 0) is 6.54 Å². The molecule has 0 spiro atoms. The molecule has 0 unspecified atom stereocenters. The Hall–Kier alpha value is -2.50. The summed E-state index contributed by atoms with van der Waals surface area (Å²) in [5, 5.41) is 2.69. The van der Waals surface area contributed by atoms with Gasteiger partial charge in [0.1, 0.15) is 5.69 Å². The second-order valence-electron chi connectivity index (χ2n) is 3.58. The van der Waals surface area contributed by atoms with Crippen LogP contribution in [0.5, 0.6) is 0 Å². The van der Waals surface area contributed by atoms with Crippen LogP contribution in [0.2, 0.25) is 0 Å². The van der Waals surface area contributed by atoms with E-state index in [1.165, 1.54) is 23.2 Å². The number of rotatable bonds is 4. The van der Waals surface area contributed by atoms with Crippen molar-refractivity contribution in [2.75, 3.05) is 6.54 Å². The summed E-state index contributed by atoms with van der Waals surface area (Å²) in [6, 6.07) is 6.49. The molecule has 6 nitrogen and oxygen atoms in total. The van der Waals surface area contributed by atoms with Crippen LogP contribution in [0.4, 0.5) is 0 Å². The van der Waals surface area contributed by atoms with E-state index in [2.05, 4.69) is 15.3 Å². The predicted octanol–water partition coefficient (Wildman–Crippen LogP) is 0.0683. The van der Waals surface area contributed by atoms with Crippen LogP contribution in [0.25, 0.3) is 0 Å². The maximum absolute atomic E-state index is 11.6. The summed E-state index contributed by atoms with van der Waals surface area (Å²) in [6.07, 6.45) is 4.43. The summed E-state index contributed by atoms with van der Waals surface area (Å²) in [5.41, 5.74) is 0.216. The smallest absolute Gasteiger partial charge is 0.269 e. The van der Waals surface area contributed by atoms with E-state index in [1.54, 1.807) is 24.4 Å². The molecule has 0 fully saturated rings. The maximum atomic E-state index is 11.6. The number of hydrogen-bond acceptors (Lipinski definition) is 4. The van der Waals surface area contributed by atoms with Crippen molar-refractivity contribution < 1.29 is 4.79 Å². The number of nitrogens with one attached hydrogen (secondary N) is 1. The Labute approximate surface area is 103 Å². The molecular weight excluding hydrogens is 232 g/mol. The van der Waals surface area contributed by atoms with Crippen molar-refractivity contribution in [1.82, 2.24) is 19.9 Å². The largest absolute Gasteiger partial charge is 0.349 e. The molecule has 92 valence electrons. The highest BCUT2D eigenvalue weighted by Crippen LogP contribution is 1.92. The van der Waals surface area contributed by atoms with Gasteiger partial charge in [-0.3, -0.25) is 19.1 Å². The van der Waals surface area contributed by atoms with Crippen LogP contribution < -0.4 is 10.9 Å². The quantitative estimate of drug-likeness (QED) is 0.825. The summed E-state index contributed by atoms with van der Waals surface area (Å²) < 4.78 is 1.43. The van der Waals surface area contributed by atoms with E-state index in [1.807, 2.05) is 0 Å². The lowest BCUT2D eigenvalue weighted by Gasteiger charge is -2.06. The van der Waals surface area contributed by atoms with E-state index in [4.69, 9.17) is 0 Å². The van der Waals surface area contributed by atoms with Crippen molar-refractivity contribution in [2.24, 2.45) is 0 Å². The molecule has 2 heterocycles. The average molecular weight is 244 g/mol. The fourth-order valence-electron chi connectivity index (χ4n) is 1.42. The number of hydrogen-bond donors (Lipinski definition) is 1. The van der Waals surface area contributed by atoms with Gasteiger partial charge in [-0.05, 0) is 12.1 Å². The van der Waals surface area contributed by atoms with Gasteiger partial charge in [-0.2, -0.15) is 0 Å². The average Bonchev–Trinajstić information content (AvgIpc) is 2.42. The number of carbonyl (C=O) groups excluding carboxylic acids is 1. The minimum Gasteiger partial charge on any atom is -0.349 e. The van der Waals surface area contributed by atoms with Gasteiger partial charge in [0, 0.05) is 31.5 Å². The highest BCUT2D eigenvalue weighted by molar-refractivity contribution is 5.92. The van der Waals surface area contributed by atoms with E-state index in [0.29, 0.717) is 18.8 Å². The van der Waals surface area contributed by atoms with Gasteiger partial charge in [0.15, 0.2) is 0 Å². The minimum atomic E-state index is -0.257. The molecule has 0 bridgehead atoms. The molecular formula is C12H12N4O2. The van der Waals surface area contributed by atoms with Crippen molar-refractivity contribution in [3.05, 3.63) is 59.0 Å². The predicted molar refractivity (Wildman–Crippen MR) is 65.1 cm³/mol. The van der Waals surface area contributed by atoms with E-state index < -0.39 is 0 Å². The van der Waals surface area contributed by atoms with Gasteiger partial charge in [0.25, 0.3) is 11.5 Å². The molecule has 6 heteroatoms. The van der Waals surface area contributed by atoms with Gasteiger partial charge < -0.3 is 5.32 Å². The molecule has 0 atom stereocenters. The van der Waals surface area contributed by atoms with Crippen LogP contribution in [0.3, 0.4) is 0 Å². The third kappa shape index (κ3) is 3.00. The first-order chi connectivity index (χ1) is 8.77. The highest BCUT2D eigenvalue weighted by atomic mass is 16.2. The third-order valence-electron chi connectivity index (χ3n) is 2.33. The number of pyridine rings is 1. The summed E-state index contributed by atoms with van der Waals surface area (Å²) in [7, 11) is 0. The normalized spacial score (nSPS) is 10.0. The van der Waals surface area contributed by atoms with E-state index in [0.717, 1.165) is 0 Å². The second kappa shape index (κ2) is 5.72. The fourth-order valence-corrected chi connectivity index (χ4v) is 1.42. The Balaban J connectivity index is 1.88. The molecule has 2 aromatic rings. The first-order valence-electron chi connectivity index (χ1n) is 5.47. The third-order valence-corrected chi connectivity index (χ3v) is 2.33. The zero-order valence-corrected chi connectivity index (χ0v) is 9.61. The number of aromatic nitrogens is 3. The molecule has 0 radical (unpaired) electrons. The second-order valence-corrected chi connectivity index (χ2v) is 3.58.